The first-order valence-corrected chi connectivity index (χ1v) is 7.72. The minimum absolute atomic E-state index is 0.483. The quantitative estimate of drug-likeness (QED) is 0.791. The van der Waals surface area contributed by atoms with Gasteiger partial charge in [-0.2, -0.15) is 0 Å². The third-order valence-corrected chi connectivity index (χ3v) is 4.47. The van der Waals surface area contributed by atoms with Crippen LogP contribution in [0.3, 0.4) is 0 Å². The van der Waals surface area contributed by atoms with E-state index < -0.39 is 0 Å². The number of hydrogen-bond donors (Lipinski definition) is 1. The van der Waals surface area contributed by atoms with E-state index in [9.17, 15) is 0 Å². The lowest BCUT2D eigenvalue weighted by Crippen LogP contribution is -2.41. The maximum Gasteiger partial charge on any atom is 0.0626 e. The third-order valence-electron chi connectivity index (χ3n) is 4.47. The summed E-state index contributed by atoms with van der Waals surface area (Å²) in [4.78, 5) is 0. The Morgan fingerprint density at radius 1 is 1.22 bits per heavy atom. The van der Waals surface area contributed by atoms with Gasteiger partial charge in [0.2, 0.25) is 0 Å². The molecule has 3 heteroatoms. The Hall–Kier alpha value is -0.120. The number of ether oxygens (including phenoxy) is 2. The van der Waals surface area contributed by atoms with Gasteiger partial charge in [0.15, 0.2) is 0 Å². The smallest absolute Gasteiger partial charge is 0.0626 e. The van der Waals surface area contributed by atoms with Crippen LogP contribution >= 0.6 is 0 Å². The second kappa shape index (κ2) is 7.46. The summed E-state index contributed by atoms with van der Waals surface area (Å²) in [5, 5.41) is 3.57. The summed E-state index contributed by atoms with van der Waals surface area (Å²) in [6, 6.07) is 0.483. The van der Waals surface area contributed by atoms with Gasteiger partial charge < -0.3 is 14.8 Å². The van der Waals surface area contributed by atoms with Gasteiger partial charge in [-0.25, -0.2) is 0 Å². The van der Waals surface area contributed by atoms with Crippen molar-refractivity contribution < 1.29 is 9.47 Å². The largest absolute Gasteiger partial charge is 0.381 e. The Bertz CT molecular complexity index is 221. The van der Waals surface area contributed by atoms with Crippen LogP contribution in [0.5, 0.6) is 0 Å². The molecule has 18 heavy (non-hydrogen) atoms. The molecule has 0 aromatic rings. The normalized spacial score (nSPS) is 34.7. The van der Waals surface area contributed by atoms with Crippen molar-refractivity contribution in [3.05, 3.63) is 0 Å². The number of rotatable bonds is 6. The molecule has 106 valence electrons. The van der Waals surface area contributed by atoms with Gasteiger partial charge in [-0.15, -0.1) is 0 Å². The molecule has 2 atom stereocenters. The van der Waals surface area contributed by atoms with Crippen LogP contribution < -0.4 is 5.32 Å². The maximum atomic E-state index is 6.14. The Morgan fingerprint density at radius 3 is 2.61 bits per heavy atom. The molecule has 0 bridgehead atoms. The Morgan fingerprint density at radius 2 is 2.00 bits per heavy atom. The SMILES string of the molecule is CCNC(COC1CCC(C)CC1)C1CCOC1. The van der Waals surface area contributed by atoms with E-state index in [1.807, 2.05) is 0 Å². The highest BCUT2D eigenvalue weighted by Gasteiger charge is 2.27. The van der Waals surface area contributed by atoms with Gasteiger partial charge in [-0.1, -0.05) is 13.8 Å². The lowest BCUT2D eigenvalue weighted by molar-refractivity contribution is -0.000590. The molecule has 0 spiro atoms. The van der Waals surface area contributed by atoms with Gasteiger partial charge in [0.05, 0.1) is 19.3 Å². The summed E-state index contributed by atoms with van der Waals surface area (Å²) < 4.78 is 11.6. The summed E-state index contributed by atoms with van der Waals surface area (Å²) in [5.41, 5.74) is 0. The highest BCUT2D eigenvalue weighted by molar-refractivity contribution is 4.80. The van der Waals surface area contributed by atoms with Crippen molar-refractivity contribution in [2.45, 2.75) is 58.1 Å². The first kappa shape index (κ1) is 14.3. The van der Waals surface area contributed by atoms with Crippen molar-refractivity contribution in [2.75, 3.05) is 26.4 Å². The van der Waals surface area contributed by atoms with E-state index in [1.165, 1.54) is 32.1 Å². The van der Waals surface area contributed by atoms with Gasteiger partial charge in [-0.05, 0) is 44.6 Å². The van der Waals surface area contributed by atoms with E-state index in [1.54, 1.807) is 0 Å². The molecule has 2 unspecified atom stereocenters. The molecule has 0 amide bonds. The summed E-state index contributed by atoms with van der Waals surface area (Å²) >= 11 is 0. The van der Waals surface area contributed by atoms with Crippen molar-refractivity contribution in [3.63, 3.8) is 0 Å². The highest BCUT2D eigenvalue weighted by Crippen LogP contribution is 2.26. The molecule has 1 heterocycles. The lowest BCUT2D eigenvalue weighted by atomic mass is 9.89. The van der Waals surface area contributed by atoms with Crippen molar-refractivity contribution in [1.82, 2.24) is 5.32 Å². The Kier molecular flexibility index (Phi) is 5.93. The molecule has 2 aliphatic rings. The topological polar surface area (TPSA) is 30.5 Å². The van der Waals surface area contributed by atoms with Crippen LogP contribution in [-0.4, -0.2) is 38.5 Å². The Balaban J connectivity index is 1.71. The molecule has 2 fully saturated rings. The average Bonchev–Trinajstić information content (AvgIpc) is 2.90. The average molecular weight is 255 g/mol. The molecule has 1 saturated carbocycles. The molecule has 3 nitrogen and oxygen atoms in total. The van der Waals surface area contributed by atoms with E-state index in [-0.39, 0.29) is 0 Å². The fourth-order valence-corrected chi connectivity index (χ4v) is 3.13. The molecule has 1 saturated heterocycles. The van der Waals surface area contributed by atoms with Crippen molar-refractivity contribution in [1.29, 1.82) is 0 Å². The summed E-state index contributed by atoms with van der Waals surface area (Å²) in [5.74, 6) is 1.55. The van der Waals surface area contributed by atoms with Gasteiger partial charge in [0.25, 0.3) is 0 Å². The van der Waals surface area contributed by atoms with E-state index in [4.69, 9.17) is 9.47 Å². The standard InChI is InChI=1S/C15H29NO2/c1-3-16-15(13-8-9-17-10-13)11-18-14-6-4-12(2)5-7-14/h12-16H,3-11H2,1-2H3. The molecular formula is C15H29NO2. The molecule has 0 aromatic carbocycles. The van der Waals surface area contributed by atoms with Crippen LogP contribution in [0, 0.1) is 11.8 Å². The van der Waals surface area contributed by atoms with Crippen molar-refractivity contribution in [3.8, 4) is 0 Å². The molecular weight excluding hydrogens is 226 g/mol. The van der Waals surface area contributed by atoms with E-state index in [2.05, 4.69) is 19.2 Å². The molecule has 1 aliphatic carbocycles. The molecule has 2 rings (SSSR count). The van der Waals surface area contributed by atoms with Gasteiger partial charge >= 0.3 is 0 Å². The molecule has 0 radical (unpaired) electrons. The van der Waals surface area contributed by atoms with Gasteiger partial charge in [0.1, 0.15) is 0 Å². The van der Waals surface area contributed by atoms with Crippen LogP contribution in [0.1, 0.15) is 46.0 Å². The predicted molar refractivity (Wildman–Crippen MR) is 73.8 cm³/mol. The number of nitrogens with one attached hydrogen (secondary N) is 1. The lowest BCUT2D eigenvalue weighted by Gasteiger charge is -2.30. The monoisotopic (exact) mass is 255 g/mol. The first-order valence-electron chi connectivity index (χ1n) is 7.72. The second-order valence-electron chi connectivity index (χ2n) is 6.00. The second-order valence-corrected chi connectivity index (χ2v) is 6.00. The summed E-state index contributed by atoms with van der Waals surface area (Å²) in [6.07, 6.45) is 6.86. The van der Waals surface area contributed by atoms with Crippen LogP contribution in [0.4, 0.5) is 0 Å². The molecule has 1 aliphatic heterocycles. The van der Waals surface area contributed by atoms with Crippen LogP contribution in [-0.2, 0) is 9.47 Å². The summed E-state index contributed by atoms with van der Waals surface area (Å²) in [6.45, 7) is 8.24. The number of likely N-dealkylation sites (N-methyl/N-ethyl adjacent to an activating group) is 1. The highest BCUT2D eigenvalue weighted by atomic mass is 16.5. The number of hydrogen-bond acceptors (Lipinski definition) is 3. The Labute approximate surface area is 112 Å². The van der Waals surface area contributed by atoms with Crippen LogP contribution in [0.2, 0.25) is 0 Å². The molecule has 1 N–H and O–H groups in total. The zero-order valence-electron chi connectivity index (χ0n) is 12.0. The van der Waals surface area contributed by atoms with E-state index >= 15 is 0 Å². The minimum atomic E-state index is 0.483. The minimum Gasteiger partial charge on any atom is -0.381 e. The van der Waals surface area contributed by atoms with Crippen LogP contribution in [0.25, 0.3) is 0 Å². The van der Waals surface area contributed by atoms with Gasteiger partial charge in [0, 0.05) is 18.6 Å². The van der Waals surface area contributed by atoms with Crippen LogP contribution in [0.15, 0.2) is 0 Å². The maximum absolute atomic E-state index is 6.14. The zero-order valence-corrected chi connectivity index (χ0v) is 12.0. The van der Waals surface area contributed by atoms with Gasteiger partial charge in [-0.3, -0.25) is 0 Å². The zero-order chi connectivity index (χ0) is 12.8. The van der Waals surface area contributed by atoms with Crippen molar-refractivity contribution >= 4 is 0 Å². The van der Waals surface area contributed by atoms with E-state index in [0.717, 1.165) is 32.3 Å². The fraction of sp³-hybridized carbons (Fsp3) is 1.00. The molecule has 0 aromatic heterocycles. The fourth-order valence-electron chi connectivity index (χ4n) is 3.13. The first-order chi connectivity index (χ1) is 8.79. The predicted octanol–water partition coefficient (Wildman–Crippen LogP) is 2.60. The summed E-state index contributed by atoms with van der Waals surface area (Å²) in [7, 11) is 0. The third kappa shape index (κ3) is 4.22. The van der Waals surface area contributed by atoms with E-state index in [0.29, 0.717) is 18.1 Å². The van der Waals surface area contributed by atoms with Crippen molar-refractivity contribution in [2.24, 2.45) is 11.8 Å².